The summed E-state index contributed by atoms with van der Waals surface area (Å²) in [5.74, 6) is 0.891. The fourth-order valence-electron chi connectivity index (χ4n) is 3.05. The van der Waals surface area contributed by atoms with Crippen molar-refractivity contribution in [1.29, 1.82) is 5.26 Å². The average Bonchev–Trinajstić information content (AvgIpc) is 2.65. The molecule has 0 spiro atoms. The quantitative estimate of drug-likeness (QED) is 0.612. The predicted molar refractivity (Wildman–Crippen MR) is 94.8 cm³/mol. The lowest BCUT2D eigenvalue weighted by atomic mass is 9.98. The van der Waals surface area contributed by atoms with Gasteiger partial charge >= 0.3 is 0 Å². The van der Waals surface area contributed by atoms with E-state index in [1.807, 2.05) is 6.07 Å². The lowest BCUT2D eigenvalue weighted by Crippen LogP contribution is -2.30. The monoisotopic (exact) mass is 337 g/mol. The van der Waals surface area contributed by atoms with E-state index in [1.54, 1.807) is 6.07 Å². The van der Waals surface area contributed by atoms with Gasteiger partial charge in [0.25, 0.3) is 5.69 Å². The Bertz CT molecular complexity index is 842. The zero-order chi connectivity index (χ0) is 17.8. The van der Waals surface area contributed by atoms with Crippen molar-refractivity contribution in [3.8, 4) is 11.8 Å². The summed E-state index contributed by atoms with van der Waals surface area (Å²) in [7, 11) is 0. The molecule has 6 heteroatoms. The summed E-state index contributed by atoms with van der Waals surface area (Å²) in [5.41, 5.74) is 3.46. The molecule has 0 radical (unpaired) electrons. The zero-order valence-corrected chi connectivity index (χ0v) is 14.1. The third-order valence-corrected chi connectivity index (χ3v) is 4.31. The van der Waals surface area contributed by atoms with Gasteiger partial charge in [0.1, 0.15) is 11.8 Å². The van der Waals surface area contributed by atoms with Gasteiger partial charge in [0.15, 0.2) is 0 Å². The van der Waals surface area contributed by atoms with Gasteiger partial charge in [0, 0.05) is 25.2 Å². The first-order chi connectivity index (χ1) is 12.1. The number of ether oxygens (including phenoxy) is 1. The molecule has 0 amide bonds. The van der Waals surface area contributed by atoms with Gasteiger partial charge in [-0.1, -0.05) is 13.0 Å². The van der Waals surface area contributed by atoms with E-state index in [1.165, 1.54) is 23.3 Å². The zero-order valence-electron chi connectivity index (χ0n) is 14.1. The van der Waals surface area contributed by atoms with Crippen LogP contribution in [-0.4, -0.2) is 18.1 Å². The fourth-order valence-corrected chi connectivity index (χ4v) is 3.05. The molecule has 6 nitrogen and oxygen atoms in total. The van der Waals surface area contributed by atoms with Crippen LogP contribution in [-0.2, 0) is 13.0 Å². The molecule has 0 saturated carbocycles. The minimum Gasteiger partial charge on any atom is -0.494 e. The molecular formula is C19H19N3O3. The third kappa shape index (κ3) is 3.56. The first kappa shape index (κ1) is 16.8. The molecule has 0 fully saturated rings. The largest absolute Gasteiger partial charge is 0.494 e. The van der Waals surface area contributed by atoms with Crippen molar-refractivity contribution < 1.29 is 9.66 Å². The number of hydrogen-bond donors (Lipinski definition) is 0. The Kier molecular flexibility index (Phi) is 4.85. The molecule has 2 aromatic carbocycles. The lowest BCUT2D eigenvalue weighted by molar-refractivity contribution is -0.384. The molecule has 0 saturated heterocycles. The van der Waals surface area contributed by atoms with Gasteiger partial charge in [0.2, 0.25) is 0 Å². The number of nitro groups is 1. The van der Waals surface area contributed by atoms with E-state index in [2.05, 4.69) is 30.0 Å². The second kappa shape index (κ2) is 7.22. The van der Waals surface area contributed by atoms with E-state index in [0.717, 1.165) is 30.8 Å². The van der Waals surface area contributed by atoms with E-state index in [9.17, 15) is 15.4 Å². The molecule has 0 aliphatic carbocycles. The van der Waals surface area contributed by atoms with Crippen LogP contribution >= 0.6 is 0 Å². The van der Waals surface area contributed by atoms with Gasteiger partial charge in [-0.05, 0) is 42.2 Å². The first-order valence-corrected chi connectivity index (χ1v) is 8.30. The summed E-state index contributed by atoms with van der Waals surface area (Å²) in [5, 5.41) is 20.3. The molecular weight excluding hydrogens is 318 g/mol. The van der Waals surface area contributed by atoms with E-state index < -0.39 is 4.92 Å². The van der Waals surface area contributed by atoms with Crippen molar-refractivity contribution in [1.82, 2.24) is 0 Å². The number of hydrogen-bond acceptors (Lipinski definition) is 5. The maximum atomic E-state index is 10.9. The highest BCUT2D eigenvalue weighted by Crippen LogP contribution is 2.31. The topological polar surface area (TPSA) is 79.4 Å². The standard InChI is InChI=1S/C19H19N3O3/c1-2-9-25-18-5-3-15-13-21(8-7-14(15)11-18)19-6-4-17(22(23)24)10-16(19)12-20/h3-6,10-11H,2,7-9,13H2,1H3. The molecule has 1 heterocycles. The highest BCUT2D eigenvalue weighted by Gasteiger charge is 2.21. The number of rotatable bonds is 5. The van der Waals surface area contributed by atoms with E-state index in [-0.39, 0.29) is 5.69 Å². The van der Waals surface area contributed by atoms with E-state index >= 15 is 0 Å². The minimum absolute atomic E-state index is 0.0598. The molecule has 0 atom stereocenters. The first-order valence-electron chi connectivity index (χ1n) is 8.30. The average molecular weight is 337 g/mol. The summed E-state index contributed by atoms with van der Waals surface area (Å²) in [4.78, 5) is 12.5. The van der Waals surface area contributed by atoms with Crippen LogP contribution in [0.25, 0.3) is 0 Å². The number of fused-ring (bicyclic) bond motifs is 1. The Hall–Kier alpha value is -3.07. The van der Waals surface area contributed by atoms with Crippen molar-refractivity contribution in [2.75, 3.05) is 18.1 Å². The highest BCUT2D eigenvalue weighted by atomic mass is 16.6. The number of nitrogens with zero attached hydrogens (tertiary/aromatic N) is 3. The Labute approximate surface area is 146 Å². The van der Waals surface area contributed by atoms with E-state index in [0.29, 0.717) is 18.7 Å². The lowest BCUT2D eigenvalue weighted by Gasteiger charge is -2.31. The summed E-state index contributed by atoms with van der Waals surface area (Å²) in [6.07, 6.45) is 1.82. The molecule has 0 N–H and O–H groups in total. The number of non-ortho nitro benzene ring substituents is 1. The Morgan fingerprint density at radius 3 is 2.84 bits per heavy atom. The van der Waals surface area contributed by atoms with Crippen LogP contribution < -0.4 is 9.64 Å². The number of anilines is 1. The highest BCUT2D eigenvalue weighted by molar-refractivity contribution is 5.64. The predicted octanol–water partition coefficient (Wildman–Crippen LogP) is 3.82. The molecule has 0 aromatic heterocycles. The minimum atomic E-state index is -0.478. The molecule has 0 unspecified atom stereocenters. The normalized spacial score (nSPS) is 13.0. The van der Waals surface area contributed by atoms with Crippen LogP contribution in [0, 0.1) is 21.4 Å². The summed E-state index contributed by atoms with van der Waals surface area (Å²) in [6, 6.07) is 12.7. The molecule has 1 aliphatic rings. The fraction of sp³-hybridized carbons (Fsp3) is 0.316. The molecule has 1 aliphatic heterocycles. The van der Waals surface area contributed by atoms with Gasteiger partial charge in [-0.3, -0.25) is 10.1 Å². The Morgan fingerprint density at radius 2 is 2.12 bits per heavy atom. The summed E-state index contributed by atoms with van der Waals surface area (Å²) in [6.45, 7) is 4.22. The Morgan fingerprint density at radius 1 is 1.28 bits per heavy atom. The number of benzene rings is 2. The summed E-state index contributed by atoms with van der Waals surface area (Å²) < 4.78 is 5.68. The third-order valence-electron chi connectivity index (χ3n) is 4.31. The van der Waals surface area contributed by atoms with Gasteiger partial charge < -0.3 is 9.64 Å². The van der Waals surface area contributed by atoms with Crippen molar-refractivity contribution in [2.45, 2.75) is 26.3 Å². The molecule has 2 aromatic rings. The maximum Gasteiger partial charge on any atom is 0.270 e. The Balaban J connectivity index is 1.83. The number of nitro benzene ring substituents is 1. The van der Waals surface area contributed by atoms with Crippen LogP contribution in [0.15, 0.2) is 36.4 Å². The molecule has 25 heavy (non-hydrogen) atoms. The van der Waals surface area contributed by atoms with Gasteiger partial charge in [0.05, 0.1) is 22.8 Å². The van der Waals surface area contributed by atoms with Crippen molar-refractivity contribution >= 4 is 11.4 Å². The van der Waals surface area contributed by atoms with Gasteiger partial charge in [-0.2, -0.15) is 5.26 Å². The second-order valence-electron chi connectivity index (χ2n) is 6.02. The molecule has 3 rings (SSSR count). The van der Waals surface area contributed by atoms with Crippen molar-refractivity contribution in [3.63, 3.8) is 0 Å². The van der Waals surface area contributed by atoms with Crippen LogP contribution in [0.2, 0.25) is 0 Å². The van der Waals surface area contributed by atoms with Crippen LogP contribution in [0.3, 0.4) is 0 Å². The second-order valence-corrected chi connectivity index (χ2v) is 6.02. The molecule has 128 valence electrons. The molecule has 0 bridgehead atoms. The SMILES string of the molecule is CCCOc1ccc2c(c1)CCN(c1ccc([N+](=O)[O-])cc1C#N)C2. The van der Waals surface area contributed by atoms with Crippen LogP contribution in [0.1, 0.15) is 30.0 Å². The van der Waals surface area contributed by atoms with E-state index in [4.69, 9.17) is 4.74 Å². The summed E-state index contributed by atoms with van der Waals surface area (Å²) >= 11 is 0. The van der Waals surface area contributed by atoms with Gasteiger partial charge in [-0.25, -0.2) is 0 Å². The van der Waals surface area contributed by atoms with Gasteiger partial charge in [-0.15, -0.1) is 0 Å². The van der Waals surface area contributed by atoms with Crippen LogP contribution in [0.4, 0.5) is 11.4 Å². The van der Waals surface area contributed by atoms with Crippen molar-refractivity contribution in [2.24, 2.45) is 0 Å². The number of nitriles is 1. The smallest absolute Gasteiger partial charge is 0.270 e. The van der Waals surface area contributed by atoms with Crippen LogP contribution in [0.5, 0.6) is 5.75 Å². The van der Waals surface area contributed by atoms with Crippen molar-refractivity contribution in [3.05, 3.63) is 63.2 Å². The maximum absolute atomic E-state index is 10.9.